The number of imidazole rings is 1. The van der Waals surface area contributed by atoms with Crippen LogP contribution >= 0.6 is 24.8 Å². The Bertz CT molecular complexity index is 884. The van der Waals surface area contributed by atoms with Gasteiger partial charge in [-0.2, -0.15) is 0 Å². The normalized spacial score (nSPS) is 19.7. The molecule has 2 aromatic carbocycles. The molecule has 4 nitrogen and oxygen atoms in total. The van der Waals surface area contributed by atoms with Gasteiger partial charge in [0.25, 0.3) is 0 Å². The van der Waals surface area contributed by atoms with Crippen LogP contribution in [0.4, 0.5) is 4.39 Å². The van der Waals surface area contributed by atoms with Crippen molar-refractivity contribution in [3.8, 4) is 0 Å². The van der Waals surface area contributed by atoms with E-state index in [0.29, 0.717) is 18.0 Å². The predicted molar refractivity (Wildman–Crippen MR) is 112 cm³/mol. The first-order chi connectivity index (χ1) is 12.2. The summed E-state index contributed by atoms with van der Waals surface area (Å²) in [5, 5.41) is 0. The van der Waals surface area contributed by atoms with E-state index < -0.39 is 0 Å². The molecular weight excluding hydrogens is 386 g/mol. The SMILES string of the molecule is CCn1c(CN2C[C@@H](N)[C@H](c3ccccc3)C2)nc2c(F)cccc21.Cl.Cl. The van der Waals surface area contributed by atoms with Crippen molar-refractivity contribution in [3.05, 3.63) is 65.7 Å². The predicted octanol–water partition coefficient (Wildman–Crippen LogP) is 3.97. The fourth-order valence-corrected chi connectivity index (χ4v) is 3.93. The van der Waals surface area contributed by atoms with Gasteiger partial charge in [0.05, 0.1) is 12.1 Å². The number of hydrogen-bond donors (Lipinski definition) is 1. The van der Waals surface area contributed by atoms with E-state index in [-0.39, 0.29) is 36.7 Å². The molecule has 0 bridgehead atoms. The summed E-state index contributed by atoms with van der Waals surface area (Å²) in [6.45, 7) is 5.27. The molecule has 4 rings (SSSR count). The standard InChI is InChI=1S/C20H23FN4.2ClH/c1-2-25-18-10-6-9-16(21)20(18)23-19(25)13-24-11-15(17(22)12-24)14-7-4-3-5-8-14;;/h3-10,15,17H,2,11-13,22H2,1H3;2*1H/t15-,17+;;/m0../s1. The first-order valence-corrected chi connectivity index (χ1v) is 8.84. The Hall–Kier alpha value is -1.66. The Morgan fingerprint density at radius 1 is 1.07 bits per heavy atom. The second-order valence-corrected chi connectivity index (χ2v) is 6.75. The maximum atomic E-state index is 14.1. The third-order valence-corrected chi connectivity index (χ3v) is 5.16. The zero-order chi connectivity index (χ0) is 17.4. The van der Waals surface area contributed by atoms with Crippen molar-refractivity contribution in [2.75, 3.05) is 13.1 Å². The second-order valence-electron chi connectivity index (χ2n) is 6.75. The Morgan fingerprint density at radius 3 is 2.52 bits per heavy atom. The number of benzene rings is 2. The monoisotopic (exact) mass is 410 g/mol. The van der Waals surface area contributed by atoms with Crippen LogP contribution in [0, 0.1) is 5.82 Å². The van der Waals surface area contributed by atoms with E-state index in [2.05, 4.69) is 45.6 Å². The van der Waals surface area contributed by atoms with Gasteiger partial charge in [-0.15, -0.1) is 24.8 Å². The van der Waals surface area contributed by atoms with Crippen LogP contribution in [-0.2, 0) is 13.1 Å². The minimum absolute atomic E-state index is 0. The number of rotatable bonds is 4. The Balaban J connectivity index is 0.00000131. The van der Waals surface area contributed by atoms with E-state index in [1.54, 1.807) is 6.07 Å². The minimum atomic E-state index is -0.258. The van der Waals surface area contributed by atoms with Gasteiger partial charge in [0, 0.05) is 31.6 Å². The van der Waals surface area contributed by atoms with Gasteiger partial charge in [-0.3, -0.25) is 4.90 Å². The molecule has 146 valence electrons. The Labute approximate surface area is 171 Å². The quantitative estimate of drug-likeness (QED) is 0.707. The average molecular weight is 411 g/mol. The number of halogens is 3. The number of likely N-dealkylation sites (tertiary alicyclic amines) is 1. The van der Waals surface area contributed by atoms with Gasteiger partial charge < -0.3 is 10.3 Å². The van der Waals surface area contributed by atoms with E-state index >= 15 is 0 Å². The van der Waals surface area contributed by atoms with E-state index in [1.807, 2.05) is 12.1 Å². The first-order valence-electron chi connectivity index (χ1n) is 8.84. The number of fused-ring (bicyclic) bond motifs is 1. The van der Waals surface area contributed by atoms with Crippen molar-refractivity contribution in [1.29, 1.82) is 0 Å². The molecule has 1 saturated heterocycles. The highest BCUT2D eigenvalue weighted by Gasteiger charge is 2.32. The van der Waals surface area contributed by atoms with Crippen molar-refractivity contribution < 1.29 is 4.39 Å². The van der Waals surface area contributed by atoms with Crippen LogP contribution in [0.2, 0.25) is 0 Å². The lowest BCUT2D eigenvalue weighted by atomic mass is 9.95. The summed E-state index contributed by atoms with van der Waals surface area (Å²) in [5.74, 6) is 0.979. The molecule has 7 heteroatoms. The molecule has 27 heavy (non-hydrogen) atoms. The highest BCUT2D eigenvalue weighted by molar-refractivity contribution is 5.85. The summed E-state index contributed by atoms with van der Waals surface area (Å²) in [7, 11) is 0. The third kappa shape index (κ3) is 4.11. The maximum absolute atomic E-state index is 14.1. The van der Waals surface area contributed by atoms with Crippen LogP contribution in [0.25, 0.3) is 11.0 Å². The third-order valence-electron chi connectivity index (χ3n) is 5.16. The van der Waals surface area contributed by atoms with Crippen LogP contribution in [0.1, 0.15) is 24.2 Å². The van der Waals surface area contributed by atoms with E-state index in [0.717, 1.165) is 31.0 Å². The molecule has 1 aromatic heterocycles. The largest absolute Gasteiger partial charge is 0.327 e. The fraction of sp³-hybridized carbons (Fsp3) is 0.350. The van der Waals surface area contributed by atoms with Crippen LogP contribution in [-0.4, -0.2) is 33.6 Å². The van der Waals surface area contributed by atoms with Gasteiger partial charge in [0.15, 0.2) is 5.82 Å². The second kappa shape index (κ2) is 9.02. The molecule has 1 aliphatic rings. The van der Waals surface area contributed by atoms with E-state index in [4.69, 9.17) is 5.73 Å². The van der Waals surface area contributed by atoms with Crippen molar-refractivity contribution >= 4 is 35.8 Å². The smallest absolute Gasteiger partial charge is 0.151 e. The van der Waals surface area contributed by atoms with E-state index in [9.17, 15) is 4.39 Å². The Morgan fingerprint density at radius 2 is 1.81 bits per heavy atom. The average Bonchev–Trinajstić information content (AvgIpc) is 3.16. The molecule has 2 atom stereocenters. The Kier molecular flexibility index (Phi) is 7.23. The summed E-state index contributed by atoms with van der Waals surface area (Å²) < 4.78 is 16.2. The molecule has 0 saturated carbocycles. The van der Waals surface area contributed by atoms with Gasteiger partial charge in [-0.1, -0.05) is 36.4 Å². The lowest BCUT2D eigenvalue weighted by Crippen LogP contribution is -2.29. The van der Waals surface area contributed by atoms with Crippen molar-refractivity contribution in [2.45, 2.75) is 32.0 Å². The molecule has 0 radical (unpaired) electrons. The number of hydrogen-bond acceptors (Lipinski definition) is 3. The summed E-state index contributed by atoms with van der Waals surface area (Å²) in [6, 6.07) is 15.7. The number of aryl methyl sites for hydroxylation is 1. The lowest BCUT2D eigenvalue weighted by Gasteiger charge is -2.16. The van der Waals surface area contributed by atoms with Crippen molar-refractivity contribution in [1.82, 2.24) is 14.5 Å². The van der Waals surface area contributed by atoms with E-state index in [1.165, 1.54) is 11.6 Å². The topological polar surface area (TPSA) is 47.1 Å². The minimum Gasteiger partial charge on any atom is -0.327 e. The summed E-state index contributed by atoms with van der Waals surface area (Å²) in [4.78, 5) is 6.90. The maximum Gasteiger partial charge on any atom is 0.151 e. The number of para-hydroxylation sites is 1. The van der Waals surface area contributed by atoms with Gasteiger partial charge in [0.1, 0.15) is 11.3 Å². The van der Waals surface area contributed by atoms with Gasteiger partial charge in [-0.05, 0) is 24.6 Å². The van der Waals surface area contributed by atoms with Gasteiger partial charge >= 0.3 is 0 Å². The molecular formula is C20H25Cl2FN4. The van der Waals surface area contributed by atoms with Crippen molar-refractivity contribution in [3.63, 3.8) is 0 Å². The molecule has 0 aliphatic carbocycles. The lowest BCUT2D eigenvalue weighted by molar-refractivity contribution is 0.310. The highest BCUT2D eigenvalue weighted by Crippen LogP contribution is 2.28. The molecule has 1 aliphatic heterocycles. The molecule has 0 unspecified atom stereocenters. The number of nitrogens with two attached hydrogens (primary N) is 1. The molecule has 0 spiro atoms. The summed E-state index contributed by atoms with van der Waals surface area (Å²) in [6.07, 6.45) is 0. The summed E-state index contributed by atoms with van der Waals surface area (Å²) in [5.41, 5.74) is 9.00. The zero-order valence-electron chi connectivity index (χ0n) is 15.2. The first kappa shape index (κ1) is 21.6. The van der Waals surface area contributed by atoms with Gasteiger partial charge in [-0.25, -0.2) is 9.37 Å². The number of nitrogens with zero attached hydrogens (tertiary/aromatic N) is 3. The van der Waals surface area contributed by atoms with Crippen LogP contribution in [0.5, 0.6) is 0 Å². The summed E-state index contributed by atoms with van der Waals surface area (Å²) >= 11 is 0. The fourth-order valence-electron chi connectivity index (χ4n) is 3.93. The number of aromatic nitrogens is 2. The molecule has 1 fully saturated rings. The van der Waals surface area contributed by atoms with Gasteiger partial charge in [0.2, 0.25) is 0 Å². The van der Waals surface area contributed by atoms with Crippen LogP contribution < -0.4 is 5.73 Å². The highest BCUT2D eigenvalue weighted by atomic mass is 35.5. The zero-order valence-corrected chi connectivity index (χ0v) is 16.8. The molecule has 2 N–H and O–H groups in total. The molecule has 3 aromatic rings. The van der Waals surface area contributed by atoms with Crippen molar-refractivity contribution in [2.24, 2.45) is 5.73 Å². The van der Waals surface area contributed by atoms with Crippen LogP contribution in [0.3, 0.4) is 0 Å². The molecule has 0 amide bonds. The molecule has 2 heterocycles. The van der Waals surface area contributed by atoms with Crippen LogP contribution in [0.15, 0.2) is 48.5 Å².